The van der Waals surface area contributed by atoms with Crippen LogP contribution in [-0.4, -0.2) is 42.8 Å². The number of rotatable bonds is 6. The number of halogens is 1. The van der Waals surface area contributed by atoms with Crippen LogP contribution in [0.25, 0.3) is 0 Å². The summed E-state index contributed by atoms with van der Waals surface area (Å²) in [6, 6.07) is 10.7. The lowest BCUT2D eigenvalue weighted by molar-refractivity contribution is -0.142. The summed E-state index contributed by atoms with van der Waals surface area (Å²) in [4.78, 5) is 13.7. The maximum Gasteiger partial charge on any atom is 0.320 e. The Balaban J connectivity index is 2.15. The summed E-state index contributed by atoms with van der Waals surface area (Å²) in [5.41, 5.74) is 1.61. The lowest BCUT2D eigenvalue weighted by atomic mass is 9.95. The zero-order chi connectivity index (χ0) is 18.7. The van der Waals surface area contributed by atoms with E-state index in [1.54, 1.807) is 32.4 Å². The first-order valence-corrected chi connectivity index (χ1v) is 8.51. The third-order valence-corrected chi connectivity index (χ3v) is 4.82. The number of benzene rings is 2. The largest absolute Gasteiger partial charge is 0.493 e. The molecule has 2 atom stereocenters. The van der Waals surface area contributed by atoms with Gasteiger partial charge in [-0.25, -0.2) is 4.39 Å². The molecule has 0 bridgehead atoms. The first kappa shape index (κ1) is 18.2. The molecule has 0 saturated carbocycles. The van der Waals surface area contributed by atoms with Crippen LogP contribution in [0, 0.1) is 5.82 Å². The molecule has 0 aliphatic carbocycles. The zero-order valence-corrected chi connectivity index (χ0v) is 14.8. The minimum Gasteiger partial charge on any atom is -0.493 e. The van der Waals surface area contributed by atoms with Gasteiger partial charge in [-0.05, 0) is 36.6 Å². The van der Waals surface area contributed by atoms with E-state index in [9.17, 15) is 14.3 Å². The van der Waals surface area contributed by atoms with E-state index in [1.807, 2.05) is 17.0 Å². The zero-order valence-electron chi connectivity index (χ0n) is 14.8. The van der Waals surface area contributed by atoms with Gasteiger partial charge in [-0.15, -0.1) is 0 Å². The second-order valence-corrected chi connectivity index (χ2v) is 6.27. The van der Waals surface area contributed by atoms with E-state index in [2.05, 4.69) is 0 Å². The standard InChI is InChI=1S/C20H22FNO4/c1-25-17-7-3-5-15(19(17)26-2)18(13-8-10-14(21)11-9-13)22-12-4-6-16(22)20(23)24/h3,5,7-11,16,18H,4,6,12H2,1-2H3,(H,23,24). The van der Waals surface area contributed by atoms with Crippen molar-refractivity contribution in [3.05, 3.63) is 59.4 Å². The number of likely N-dealkylation sites (tertiary alicyclic amines) is 1. The molecule has 5 nitrogen and oxygen atoms in total. The SMILES string of the molecule is COc1cccc(C(c2ccc(F)cc2)N2CCCC2C(=O)O)c1OC. The third kappa shape index (κ3) is 3.37. The van der Waals surface area contributed by atoms with Crippen molar-refractivity contribution in [3.63, 3.8) is 0 Å². The van der Waals surface area contributed by atoms with Crippen molar-refractivity contribution < 1.29 is 23.8 Å². The van der Waals surface area contributed by atoms with Crippen LogP contribution in [-0.2, 0) is 4.79 Å². The number of carboxylic acids is 1. The molecule has 1 aliphatic rings. The number of aliphatic carboxylic acids is 1. The van der Waals surface area contributed by atoms with Gasteiger partial charge in [0, 0.05) is 12.1 Å². The minimum absolute atomic E-state index is 0.332. The van der Waals surface area contributed by atoms with E-state index in [0.717, 1.165) is 17.5 Å². The summed E-state index contributed by atoms with van der Waals surface area (Å²) in [6.45, 7) is 0.638. The molecule has 0 aromatic heterocycles. The van der Waals surface area contributed by atoms with Crippen LogP contribution in [0.5, 0.6) is 11.5 Å². The number of para-hydroxylation sites is 1. The van der Waals surface area contributed by atoms with Crippen LogP contribution in [0.15, 0.2) is 42.5 Å². The van der Waals surface area contributed by atoms with Gasteiger partial charge >= 0.3 is 5.97 Å². The lowest BCUT2D eigenvalue weighted by Crippen LogP contribution is -2.39. The molecule has 26 heavy (non-hydrogen) atoms. The van der Waals surface area contributed by atoms with Gasteiger partial charge in [-0.1, -0.05) is 24.3 Å². The molecule has 0 amide bonds. The normalized spacial score (nSPS) is 18.5. The van der Waals surface area contributed by atoms with E-state index >= 15 is 0 Å². The molecule has 2 aromatic carbocycles. The van der Waals surface area contributed by atoms with Crippen LogP contribution < -0.4 is 9.47 Å². The molecule has 138 valence electrons. The van der Waals surface area contributed by atoms with Gasteiger partial charge in [-0.2, -0.15) is 0 Å². The Hall–Kier alpha value is -2.60. The van der Waals surface area contributed by atoms with E-state index in [4.69, 9.17) is 9.47 Å². The average Bonchev–Trinajstić information content (AvgIpc) is 3.13. The molecular formula is C20H22FNO4. The fourth-order valence-corrected chi connectivity index (χ4v) is 3.69. The maximum absolute atomic E-state index is 13.4. The van der Waals surface area contributed by atoms with Gasteiger partial charge < -0.3 is 14.6 Å². The lowest BCUT2D eigenvalue weighted by Gasteiger charge is -2.33. The second-order valence-electron chi connectivity index (χ2n) is 6.27. The highest BCUT2D eigenvalue weighted by molar-refractivity contribution is 5.74. The van der Waals surface area contributed by atoms with E-state index in [1.165, 1.54) is 12.1 Å². The Morgan fingerprint density at radius 2 is 1.92 bits per heavy atom. The Bertz CT molecular complexity index is 778. The van der Waals surface area contributed by atoms with Gasteiger partial charge in [0.05, 0.1) is 20.3 Å². The van der Waals surface area contributed by atoms with Gasteiger partial charge in [-0.3, -0.25) is 9.69 Å². The van der Waals surface area contributed by atoms with Crippen LogP contribution in [0.3, 0.4) is 0 Å². The smallest absolute Gasteiger partial charge is 0.320 e. The first-order valence-electron chi connectivity index (χ1n) is 8.51. The Morgan fingerprint density at radius 1 is 1.19 bits per heavy atom. The number of carbonyl (C=O) groups is 1. The summed E-state index contributed by atoms with van der Waals surface area (Å²) in [7, 11) is 3.12. The Morgan fingerprint density at radius 3 is 2.54 bits per heavy atom. The highest BCUT2D eigenvalue weighted by Crippen LogP contribution is 2.42. The van der Waals surface area contributed by atoms with Crippen LogP contribution in [0.4, 0.5) is 4.39 Å². The summed E-state index contributed by atoms with van der Waals surface area (Å²) >= 11 is 0. The van der Waals surface area contributed by atoms with Gasteiger partial charge in [0.2, 0.25) is 0 Å². The third-order valence-electron chi connectivity index (χ3n) is 4.82. The maximum atomic E-state index is 13.4. The fraction of sp³-hybridized carbons (Fsp3) is 0.350. The highest BCUT2D eigenvalue weighted by atomic mass is 19.1. The summed E-state index contributed by atoms with van der Waals surface area (Å²) < 4.78 is 24.4. The van der Waals surface area contributed by atoms with Crippen LogP contribution in [0.1, 0.15) is 30.0 Å². The highest BCUT2D eigenvalue weighted by Gasteiger charge is 2.38. The quantitative estimate of drug-likeness (QED) is 0.856. The number of hydrogen-bond acceptors (Lipinski definition) is 4. The van der Waals surface area contributed by atoms with Crippen molar-refractivity contribution in [2.45, 2.75) is 24.9 Å². The van der Waals surface area contributed by atoms with E-state index < -0.39 is 12.0 Å². The van der Waals surface area contributed by atoms with Crippen molar-refractivity contribution >= 4 is 5.97 Å². The molecule has 1 fully saturated rings. The van der Waals surface area contributed by atoms with E-state index in [0.29, 0.717) is 24.5 Å². The number of ether oxygens (including phenoxy) is 2. The van der Waals surface area contributed by atoms with E-state index in [-0.39, 0.29) is 11.9 Å². The van der Waals surface area contributed by atoms with Crippen LogP contribution >= 0.6 is 0 Å². The second kappa shape index (κ2) is 7.74. The Labute approximate surface area is 152 Å². The molecule has 0 spiro atoms. The summed E-state index contributed by atoms with van der Waals surface area (Å²) in [5.74, 6) is -0.0543. The number of methoxy groups -OCH3 is 2. The van der Waals surface area contributed by atoms with Crippen molar-refractivity contribution in [1.82, 2.24) is 4.90 Å². The topological polar surface area (TPSA) is 59.0 Å². The molecule has 6 heteroatoms. The Kier molecular flexibility index (Phi) is 5.42. The predicted molar refractivity (Wildman–Crippen MR) is 95.2 cm³/mol. The van der Waals surface area contributed by atoms with Crippen molar-refractivity contribution in [2.24, 2.45) is 0 Å². The molecule has 1 N–H and O–H groups in total. The minimum atomic E-state index is -0.850. The first-order chi connectivity index (χ1) is 12.6. The van der Waals surface area contributed by atoms with Crippen molar-refractivity contribution in [2.75, 3.05) is 20.8 Å². The van der Waals surface area contributed by atoms with Crippen molar-refractivity contribution in [3.8, 4) is 11.5 Å². The monoisotopic (exact) mass is 359 g/mol. The number of nitrogens with zero attached hydrogens (tertiary/aromatic N) is 1. The molecule has 1 aliphatic heterocycles. The van der Waals surface area contributed by atoms with Gasteiger partial charge in [0.25, 0.3) is 0 Å². The molecule has 0 radical (unpaired) electrons. The van der Waals surface area contributed by atoms with Crippen LogP contribution in [0.2, 0.25) is 0 Å². The van der Waals surface area contributed by atoms with Crippen molar-refractivity contribution in [1.29, 1.82) is 0 Å². The summed E-state index contributed by atoms with van der Waals surface area (Å²) in [5, 5.41) is 9.64. The molecule has 2 unspecified atom stereocenters. The van der Waals surface area contributed by atoms with Gasteiger partial charge in [0.15, 0.2) is 11.5 Å². The predicted octanol–water partition coefficient (Wildman–Crippen LogP) is 3.48. The fourth-order valence-electron chi connectivity index (χ4n) is 3.69. The summed E-state index contributed by atoms with van der Waals surface area (Å²) in [6.07, 6.45) is 1.38. The molecular weight excluding hydrogens is 337 g/mol. The van der Waals surface area contributed by atoms with Gasteiger partial charge in [0.1, 0.15) is 11.9 Å². The molecule has 1 heterocycles. The molecule has 3 rings (SSSR count). The molecule has 1 saturated heterocycles. The number of hydrogen-bond donors (Lipinski definition) is 1. The molecule has 2 aromatic rings. The average molecular weight is 359 g/mol. The number of carboxylic acid groups (broad SMARTS) is 1.